The van der Waals surface area contributed by atoms with Gasteiger partial charge in [-0.15, -0.1) is 0 Å². The fraction of sp³-hybridized carbons (Fsp3) is 0.259. The number of ether oxygens (including phenoxy) is 1. The number of fused-ring (bicyclic) bond motifs is 1. The first-order valence-electron chi connectivity index (χ1n) is 12.1. The fourth-order valence-electron chi connectivity index (χ4n) is 3.82. The monoisotopic (exact) mass is 536 g/mol. The highest BCUT2D eigenvalue weighted by molar-refractivity contribution is 7.80. The lowest BCUT2D eigenvalue weighted by molar-refractivity contribution is -0.117. The molecule has 1 saturated heterocycles. The van der Waals surface area contributed by atoms with Crippen LogP contribution < -0.4 is 26.0 Å². The summed E-state index contributed by atoms with van der Waals surface area (Å²) in [5.74, 6) is -0.388. The number of piperidine rings is 1. The van der Waals surface area contributed by atoms with Crippen LogP contribution in [-0.2, 0) is 4.79 Å². The highest BCUT2D eigenvalue weighted by atomic mass is 32.1. The minimum atomic E-state index is -0.632. The van der Waals surface area contributed by atoms with E-state index in [1.807, 2.05) is 0 Å². The van der Waals surface area contributed by atoms with Gasteiger partial charge in [0.1, 0.15) is 11.6 Å². The lowest BCUT2D eigenvalue weighted by Gasteiger charge is -2.29. The number of rotatable bonds is 5. The van der Waals surface area contributed by atoms with Crippen LogP contribution in [0.1, 0.15) is 19.8 Å². The molecule has 4 N–H and O–H groups in total. The molecule has 5 rings (SSSR count). The van der Waals surface area contributed by atoms with Crippen LogP contribution in [0.5, 0.6) is 11.5 Å². The zero-order valence-corrected chi connectivity index (χ0v) is 21.9. The van der Waals surface area contributed by atoms with E-state index in [-0.39, 0.29) is 34.7 Å². The van der Waals surface area contributed by atoms with Gasteiger partial charge < -0.3 is 25.6 Å². The number of nitrogens with one attached hydrogen (secondary N) is 4. The second-order valence-electron chi connectivity index (χ2n) is 9.02. The van der Waals surface area contributed by atoms with E-state index in [1.165, 1.54) is 42.4 Å². The number of halogens is 1. The Morgan fingerprint density at radius 1 is 1.05 bits per heavy atom. The van der Waals surface area contributed by atoms with Gasteiger partial charge in [0.05, 0.1) is 0 Å². The molecule has 3 aliphatic rings. The molecular weight excluding hydrogens is 507 g/mol. The molecule has 0 spiro atoms. The van der Waals surface area contributed by atoms with E-state index in [2.05, 4.69) is 62.5 Å². The number of hydrogen-bond acceptors (Lipinski definition) is 6. The van der Waals surface area contributed by atoms with Crippen LogP contribution in [0.15, 0.2) is 60.8 Å². The lowest BCUT2D eigenvalue weighted by atomic mass is 10.1. The summed E-state index contributed by atoms with van der Waals surface area (Å²) in [5.41, 5.74) is 3.21. The predicted octanol–water partition coefficient (Wildman–Crippen LogP) is 4.73. The average molecular weight is 537 g/mol. The Hall–Kier alpha value is -4.09. The summed E-state index contributed by atoms with van der Waals surface area (Å²) >= 11 is 4.95. The second kappa shape index (κ2) is 12.4. The Morgan fingerprint density at radius 3 is 2.39 bits per heavy atom. The maximum absolute atomic E-state index is 14.5. The summed E-state index contributed by atoms with van der Waals surface area (Å²) in [7, 11) is 2.05. The van der Waals surface area contributed by atoms with E-state index < -0.39 is 5.82 Å². The van der Waals surface area contributed by atoms with Gasteiger partial charge in [0, 0.05) is 37.0 Å². The largest absolute Gasteiger partial charge is 0.454 e. The average Bonchev–Trinajstić information content (AvgIpc) is 3.46. The number of pyridine rings is 1. The zero-order chi connectivity index (χ0) is 27.1. The first-order valence-corrected chi connectivity index (χ1v) is 12.5. The number of hydrogen-bond donors (Lipinski definition) is 4. The zero-order valence-electron chi connectivity index (χ0n) is 21.1. The van der Waals surface area contributed by atoms with Gasteiger partial charge in [-0.3, -0.25) is 10.1 Å². The van der Waals surface area contributed by atoms with Crippen LogP contribution in [0.4, 0.5) is 20.7 Å². The minimum absolute atomic E-state index is 0.0195. The molecule has 0 bridgehead atoms. The SMILES string of the molecule is CC(=O)NC(=S)Nc1ccc(Oc2ccnc(NC(=O)NC3CCN(C)CC3)c2)c(F)c1.c1cc2cc-2c1. The third-order valence-corrected chi connectivity index (χ3v) is 6.05. The number of likely N-dealkylation sites (tertiary alicyclic amines) is 1. The summed E-state index contributed by atoms with van der Waals surface area (Å²) in [5, 5.41) is 10.8. The van der Waals surface area contributed by atoms with Crippen molar-refractivity contribution in [2.24, 2.45) is 0 Å². The molecular formula is C27H29FN6O3S. The first kappa shape index (κ1) is 27.0. The van der Waals surface area contributed by atoms with Crippen LogP contribution in [0.3, 0.4) is 0 Å². The topological polar surface area (TPSA) is 108 Å². The lowest BCUT2D eigenvalue weighted by Crippen LogP contribution is -2.44. The number of amides is 3. The summed E-state index contributed by atoms with van der Waals surface area (Å²) in [6.45, 7) is 3.19. The molecule has 0 radical (unpaired) electrons. The van der Waals surface area contributed by atoms with Crippen LogP contribution in [-0.4, -0.2) is 53.1 Å². The fourth-order valence-corrected chi connectivity index (χ4v) is 4.08. The third kappa shape index (κ3) is 8.22. The van der Waals surface area contributed by atoms with E-state index in [0.29, 0.717) is 11.4 Å². The maximum Gasteiger partial charge on any atom is 0.320 e. The summed E-state index contributed by atoms with van der Waals surface area (Å²) < 4.78 is 20.0. The van der Waals surface area contributed by atoms with E-state index in [9.17, 15) is 14.0 Å². The predicted molar refractivity (Wildman–Crippen MR) is 149 cm³/mol. The number of aromatic nitrogens is 1. The van der Waals surface area contributed by atoms with Crippen molar-refractivity contribution < 1.29 is 18.7 Å². The molecule has 2 heterocycles. The minimum Gasteiger partial charge on any atom is -0.454 e. The number of carbonyl (C=O) groups excluding carboxylic acids is 2. The van der Waals surface area contributed by atoms with Gasteiger partial charge in [0.15, 0.2) is 16.7 Å². The van der Waals surface area contributed by atoms with Crippen LogP contribution in [0.25, 0.3) is 11.1 Å². The molecule has 2 aliphatic carbocycles. The third-order valence-electron chi connectivity index (χ3n) is 5.85. The van der Waals surface area contributed by atoms with Crippen molar-refractivity contribution in [1.82, 2.24) is 20.5 Å². The molecule has 11 heteroatoms. The van der Waals surface area contributed by atoms with E-state index in [0.717, 1.165) is 25.9 Å². The van der Waals surface area contributed by atoms with E-state index >= 15 is 0 Å². The standard InChI is InChI=1S/C21H25FN6O3S.C6H4/c1-13(29)24-21(32)26-15-3-4-18(17(22)11-15)31-16-5-8-23-19(12-16)27-20(30)25-14-6-9-28(2)10-7-14;1-2-5-4-6(5)3-1/h3-5,8,11-12,14H,6-7,9-10H2,1-2H3,(H2,23,25,27,30)(H2,24,26,29,32);1-4H. The molecule has 0 atom stereocenters. The van der Waals surface area contributed by atoms with E-state index in [1.54, 1.807) is 12.1 Å². The number of urea groups is 1. The molecule has 0 saturated carbocycles. The van der Waals surface area contributed by atoms with Crippen molar-refractivity contribution in [1.29, 1.82) is 0 Å². The smallest absolute Gasteiger partial charge is 0.320 e. The maximum atomic E-state index is 14.5. The molecule has 1 aromatic carbocycles. The molecule has 9 nitrogen and oxygen atoms in total. The van der Waals surface area contributed by atoms with Crippen molar-refractivity contribution >= 4 is 40.8 Å². The molecule has 1 aliphatic heterocycles. The Kier molecular flexibility index (Phi) is 8.82. The Morgan fingerprint density at radius 2 is 1.79 bits per heavy atom. The first-order chi connectivity index (χ1) is 18.2. The Balaban J connectivity index is 0.000000483. The molecule has 198 valence electrons. The Bertz CT molecular complexity index is 1310. The van der Waals surface area contributed by atoms with Crippen molar-refractivity contribution in [3.8, 4) is 22.6 Å². The molecule has 1 aromatic heterocycles. The molecule has 38 heavy (non-hydrogen) atoms. The number of anilines is 2. The van der Waals surface area contributed by atoms with Gasteiger partial charge in [-0.1, -0.05) is 18.2 Å². The summed E-state index contributed by atoms with van der Waals surface area (Å²) in [6.07, 6.45) is 3.24. The summed E-state index contributed by atoms with van der Waals surface area (Å²) in [6, 6.07) is 15.5. The number of carbonyl (C=O) groups is 2. The summed E-state index contributed by atoms with van der Waals surface area (Å²) in [4.78, 5) is 29.6. The number of nitrogens with zero attached hydrogens (tertiary/aromatic N) is 2. The second-order valence-corrected chi connectivity index (χ2v) is 9.42. The normalized spacial score (nSPS) is 13.9. The van der Waals surface area contributed by atoms with Crippen molar-refractivity contribution in [2.45, 2.75) is 25.8 Å². The Labute approximate surface area is 225 Å². The molecule has 3 amide bonds. The van der Waals surface area contributed by atoms with Crippen LogP contribution in [0.2, 0.25) is 0 Å². The van der Waals surface area contributed by atoms with Crippen LogP contribution >= 0.6 is 12.2 Å². The van der Waals surface area contributed by atoms with E-state index in [4.69, 9.17) is 17.0 Å². The quantitative estimate of drug-likeness (QED) is 0.273. The van der Waals surface area contributed by atoms with Gasteiger partial charge in [-0.05, 0) is 80.6 Å². The highest BCUT2D eigenvalue weighted by Gasteiger charge is 2.18. The van der Waals surface area contributed by atoms with Crippen molar-refractivity contribution in [3.63, 3.8) is 0 Å². The molecule has 1 fully saturated rings. The van der Waals surface area contributed by atoms with Gasteiger partial charge in [0.25, 0.3) is 0 Å². The van der Waals surface area contributed by atoms with Gasteiger partial charge in [-0.2, -0.15) is 0 Å². The van der Waals surface area contributed by atoms with Gasteiger partial charge in [0.2, 0.25) is 5.91 Å². The molecule has 0 unspecified atom stereocenters. The van der Waals surface area contributed by atoms with Gasteiger partial charge in [-0.25, -0.2) is 14.2 Å². The van der Waals surface area contributed by atoms with Crippen LogP contribution in [0, 0.1) is 5.82 Å². The molecule has 2 aromatic rings. The number of thiocarbonyl (C=S) groups is 1. The van der Waals surface area contributed by atoms with Gasteiger partial charge >= 0.3 is 6.03 Å². The van der Waals surface area contributed by atoms with Crippen molar-refractivity contribution in [3.05, 3.63) is 66.6 Å². The van der Waals surface area contributed by atoms with Crippen molar-refractivity contribution in [2.75, 3.05) is 30.8 Å². The highest BCUT2D eigenvalue weighted by Crippen LogP contribution is 2.32. The number of benzene rings is 2.